The van der Waals surface area contributed by atoms with Crippen LogP contribution >= 0.6 is 73.9 Å². The summed E-state index contributed by atoms with van der Waals surface area (Å²) < 4.78 is 7.51. The van der Waals surface area contributed by atoms with Gasteiger partial charge in [-0.05, 0) is 83.3 Å². The first-order chi connectivity index (χ1) is 12.8. The van der Waals surface area contributed by atoms with Crippen molar-refractivity contribution in [1.29, 1.82) is 0 Å². The number of benzene rings is 2. The third kappa shape index (κ3) is 5.23. The first kappa shape index (κ1) is 20.6. The monoisotopic (exact) mass is 594 g/mol. The molecule has 27 heavy (non-hydrogen) atoms. The SMILES string of the molecule is O=C(NC(=S)Nc1ccc(Br)cc1I)c1ccc(-c2cc(Cl)ccc2Cl)o1. The van der Waals surface area contributed by atoms with Gasteiger partial charge < -0.3 is 9.73 Å². The van der Waals surface area contributed by atoms with E-state index in [2.05, 4.69) is 49.2 Å². The molecule has 2 aromatic carbocycles. The van der Waals surface area contributed by atoms with Crippen LogP contribution in [0.3, 0.4) is 0 Å². The van der Waals surface area contributed by atoms with Crippen LogP contribution in [0.2, 0.25) is 10.0 Å². The minimum absolute atomic E-state index is 0.107. The number of furan rings is 1. The summed E-state index contributed by atoms with van der Waals surface area (Å²) in [6.45, 7) is 0. The van der Waals surface area contributed by atoms with Crippen LogP contribution in [0, 0.1) is 3.57 Å². The van der Waals surface area contributed by atoms with Crippen LogP contribution in [0.25, 0.3) is 11.3 Å². The molecule has 3 aromatic rings. The molecule has 0 fully saturated rings. The predicted octanol–water partition coefficient (Wildman–Crippen LogP) is 6.75. The summed E-state index contributed by atoms with van der Waals surface area (Å²) in [7, 11) is 0. The highest BCUT2D eigenvalue weighted by atomic mass is 127. The first-order valence-electron chi connectivity index (χ1n) is 7.46. The van der Waals surface area contributed by atoms with Crippen molar-refractivity contribution in [2.45, 2.75) is 0 Å². The van der Waals surface area contributed by atoms with E-state index in [1.54, 1.807) is 30.3 Å². The zero-order valence-electron chi connectivity index (χ0n) is 13.4. The van der Waals surface area contributed by atoms with Gasteiger partial charge in [-0.25, -0.2) is 0 Å². The van der Waals surface area contributed by atoms with Gasteiger partial charge in [0.15, 0.2) is 10.9 Å². The maximum absolute atomic E-state index is 12.4. The molecule has 0 bridgehead atoms. The van der Waals surface area contributed by atoms with Gasteiger partial charge in [0.1, 0.15) is 5.76 Å². The number of halogens is 4. The highest BCUT2D eigenvalue weighted by Crippen LogP contribution is 2.31. The summed E-state index contributed by atoms with van der Waals surface area (Å²) in [5.74, 6) is 0.0775. The third-order valence-corrected chi connectivity index (χ3v) is 5.58. The Morgan fingerprint density at radius 1 is 1.11 bits per heavy atom. The van der Waals surface area contributed by atoms with Crippen LogP contribution in [0.4, 0.5) is 5.69 Å². The number of rotatable bonds is 3. The molecule has 2 N–H and O–H groups in total. The molecule has 0 aliphatic rings. The molecule has 0 saturated heterocycles. The van der Waals surface area contributed by atoms with Crippen molar-refractivity contribution in [3.05, 3.63) is 72.4 Å². The molecule has 1 heterocycles. The highest BCUT2D eigenvalue weighted by molar-refractivity contribution is 14.1. The number of nitrogens with one attached hydrogen (secondary N) is 2. The van der Waals surface area contributed by atoms with Gasteiger partial charge in [0, 0.05) is 18.6 Å². The Bertz CT molecular complexity index is 1040. The number of carbonyl (C=O) groups excluding carboxylic acids is 1. The van der Waals surface area contributed by atoms with E-state index in [1.807, 2.05) is 18.2 Å². The minimum atomic E-state index is -0.468. The Morgan fingerprint density at radius 3 is 2.63 bits per heavy atom. The molecule has 0 radical (unpaired) electrons. The number of carbonyl (C=O) groups is 1. The van der Waals surface area contributed by atoms with E-state index in [0.717, 1.165) is 13.7 Å². The van der Waals surface area contributed by atoms with Crippen LogP contribution in [0.15, 0.2) is 57.4 Å². The lowest BCUT2D eigenvalue weighted by molar-refractivity contribution is 0.0951. The Balaban J connectivity index is 1.70. The minimum Gasteiger partial charge on any atom is -0.451 e. The summed E-state index contributed by atoms with van der Waals surface area (Å²) in [5, 5.41) is 6.74. The fourth-order valence-corrected chi connectivity index (χ4v) is 4.22. The van der Waals surface area contributed by atoms with Crippen LogP contribution in [-0.2, 0) is 0 Å². The quantitative estimate of drug-likeness (QED) is 0.260. The number of hydrogen-bond acceptors (Lipinski definition) is 3. The Kier molecular flexibility index (Phi) is 6.80. The van der Waals surface area contributed by atoms with Crippen LogP contribution in [-0.4, -0.2) is 11.0 Å². The summed E-state index contributed by atoms with van der Waals surface area (Å²) in [5.41, 5.74) is 1.39. The molecule has 0 atom stereocenters. The van der Waals surface area contributed by atoms with E-state index in [1.165, 1.54) is 0 Å². The average molecular weight is 596 g/mol. The van der Waals surface area contributed by atoms with Gasteiger partial charge in [-0.15, -0.1) is 0 Å². The highest BCUT2D eigenvalue weighted by Gasteiger charge is 2.16. The maximum Gasteiger partial charge on any atom is 0.293 e. The molecular formula is C18H10BrCl2IN2O2S. The maximum atomic E-state index is 12.4. The summed E-state index contributed by atoms with van der Waals surface area (Å²) in [6, 6.07) is 13.9. The Hall–Kier alpha value is -1.13. The van der Waals surface area contributed by atoms with Gasteiger partial charge in [0.2, 0.25) is 0 Å². The third-order valence-electron chi connectivity index (χ3n) is 3.43. The number of anilines is 1. The molecule has 3 rings (SSSR count). The zero-order valence-corrected chi connectivity index (χ0v) is 19.4. The molecule has 0 aliphatic heterocycles. The number of amides is 1. The standard InChI is InChI=1S/C18H10BrCl2IN2O2S/c19-9-1-4-14(13(22)7-9)23-18(27)24-17(25)16-6-5-15(26-16)11-8-10(20)2-3-12(11)21/h1-8H,(H2,23,24,25,27). The van der Waals surface area contributed by atoms with Crippen LogP contribution in [0.1, 0.15) is 10.6 Å². The van der Waals surface area contributed by atoms with Crippen molar-refractivity contribution < 1.29 is 9.21 Å². The summed E-state index contributed by atoms with van der Waals surface area (Å²) in [4.78, 5) is 12.4. The molecule has 0 unspecified atom stereocenters. The number of hydrogen-bond donors (Lipinski definition) is 2. The summed E-state index contributed by atoms with van der Waals surface area (Å²) in [6.07, 6.45) is 0. The second kappa shape index (κ2) is 8.91. The first-order valence-corrected chi connectivity index (χ1v) is 10.5. The average Bonchev–Trinajstić information content (AvgIpc) is 3.09. The van der Waals surface area contributed by atoms with Crippen LogP contribution < -0.4 is 10.6 Å². The number of thiocarbonyl (C=S) groups is 1. The van der Waals surface area contributed by atoms with E-state index in [-0.39, 0.29) is 10.9 Å². The molecule has 138 valence electrons. The van der Waals surface area contributed by atoms with Crippen molar-refractivity contribution in [3.8, 4) is 11.3 Å². The van der Waals surface area contributed by atoms with Crippen molar-refractivity contribution in [2.24, 2.45) is 0 Å². The molecule has 4 nitrogen and oxygen atoms in total. The lowest BCUT2D eigenvalue weighted by Gasteiger charge is -2.10. The van der Waals surface area contributed by atoms with Crippen molar-refractivity contribution in [1.82, 2.24) is 5.32 Å². The molecule has 0 saturated carbocycles. The summed E-state index contributed by atoms with van der Waals surface area (Å²) >= 11 is 22.9. The predicted molar refractivity (Wildman–Crippen MR) is 125 cm³/mol. The molecule has 0 spiro atoms. The molecule has 1 aromatic heterocycles. The van der Waals surface area contributed by atoms with E-state index in [0.29, 0.717) is 21.4 Å². The van der Waals surface area contributed by atoms with E-state index in [4.69, 9.17) is 39.8 Å². The van der Waals surface area contributed by atoms with Gasteiger partial charge >= 0.3 is 0 Å². The van der Waals surface area contributed by atoms with Gasteiger partial charge in [-0.1, -0.05) is 39.1 Å². The normalized spacial score (nSPS) is 10.5. The molecule has 0 aliphatic carbocycles. The topological polar surface area (TPSA) is 54.3 Å². The smallest absolute Gasteiger partial charge is 0.293 e. The van der Waals surface area contributed by atoms with Gasteiger partial charge in [-0.2, -0.15) is 0 Å². The second-order valence-electron chi connectivity index (χ2n) is 5.32. The lowest BCUT2D eigenvalue weighted by Crippen LogP contribution is -2.34. The Labute approximate surface area is 192 Å². The largest absolute Gasteiger partial charge is 0.451 e. The van der Waals surface area contributed by atoms with Crippen molar-refractivity contribution >= 4 is 90.6 Å². The van der Waals surface area contributed by atoms with Gasteiger partial charge in [0.05, 0.1) is 10.7 Å². The second-order valence-corrected chi connectivity index (χ2v) is 8.65. The lowest BCUT2D eigenvalue weighted by atomic mass is 10.2. The van der Waals surface area contributed by atoms with E-state index < -0.39 is 5.91 Å². The van der Waals surface area contributed by atoms with Crippen molar-refractivity contribution in [2.75, 3.05) is 5.32 Å². The zero-order chi connectivity index (χ0) is 19.6. The fraction of sp³-hybridized carbons (Fsp3) is 0. The van der Waals surface area contributed by atoms with Crippen molar-refractivity contribution in [3.63, 3.8) is 0 Å². The van der Waals surface area contributed by atoms with E-state index in [9.17, 15) is 4.79 Å². The van der Waals surface area contributed by atoms with Crippen LogP contribution in [0.5, 0.6) is 0 Å². The molecule has 1 amide bonds. The van der Waals surface area contributed by atoms with Gasteiger partial charge in [-0.3, -0.25) is 10.1 Å². The van der Waals surface area contributed by atoms with E-state index >= 15 is 0 Å². The Morgan fingerprint density at radius 2 is 1.89 bits per heavy atom. The molecular weight excluding hydrogens is 586 g/mol. The fourth-order valence-electron chi connectivity index (χ4n) is 2.20. The van der Waals surface area contributed by atoms with Gasteiger partial charge in [0.25, 0.3) is 5.91 Å². The molecule has 9 heteroatoms.